The van der Waals surface area contributed by atoms with E-state index in [4.69, 9.17) is 9.16 Å². The van der Waals surface area contributed by atoms with Crippen molar-refractivity contribution < 1.29 is 9.16 Å². The number of aromatic nitrogens is 2. The first kappa shape index (κ1) is 17.4. The van der Waals surface area contributed by atoms with Gasteiger partial charge in [0.1, 0.15) is 4.60 Å². The summed E-state index contributed by atoms with van der Waals surface area (Å²) in [6.45, 7) is 12.0. The molecule has 0 aliphatic carbocycles. The molecule has 20 heavy (non-hydrogen) atoms. The maximum atomic E-state index is 12.0. The maximum absolute atomic E-state index is 12.0. The maximum Gasteiger partial charge on any atom is 0.313 e. The molecule has 0 atom stereocenters. The first-order chi connectivity index (χ1) is 9.08. The molecule has 0 aliphatic rings. The van der Waals surface area contributed by atoms with E-state index < -0.39 is 8.32 Å². The molecule has 0 aromatic carbocycles. The molecule has 0 unspecified atom stereocenters. The minimum absolute atomic E-state index is 0.0895. The smallest absolute Gasteiger partial charge is 0.313 e. The molecule has 1 aromatic rings. The summed E-state index contributed by atoms with van der Waals surface area (Å²) in [5.41, 5.74) is -0.241. The second-order valence-electron chi connectivity index (χ2n) is 6.18. The number of methoxy groups -OCH3 is 1. The zero-order valence-electron chi connectivity index (χ0n) is 13.0. The Hall–Kier alpha value is -0.663. The van der Waals surface area contributed by atoms with Gasteiger partial charge in [0.25, 0.3) is 5.88 Å². The Bertz CT molecular complexity index is 523. The van der Waals surface area contributed by atoms with E-state index in [1.54, 1.807) is 10.8 Å². The van der Waals surface area contributed by atoms with Crippen molar-refractivity contribution in [2.45, 2.75) is 45.4 Å². The molecular formula is C13H23BrN2O3Si. The number of ether oxygens (including phenoxy) is 1. The van der Waals surface area contributed by atoms with Gasteiger partial charge in [0, 0.05) is 12.7 Å². The van der Waals surface area contributed by atoms with Crippen LogP contribution in [0.2, 0.25) is 18.1 Å². The molecular weight excluding hydrogens is 340 g/mol. The quantitative estimate of drug-likeness (QED) is 0.755. The number of hydrogen-bond acceptors (Lipinski definition) is 4. The molecule has 1 aromatic heterocycles. The highest BCUT2D eigenvalue weighted by atomic mass is 79.9. The lowest BCUT2D eigenvalue weighted by Crippen LogP contribution is -2.41. The molecule has 7 heteroatoms. The van der Waals surface area contributed by atoms with Gasteiger partial charge in [0.05, 0.1) is 13.7 Å². The SMILES string of the molecule is COc1nc(Br)cn(CCO[Si](C)(C)C(C)(C)C)c1=O. The van der Waals surface area contributed by atoms with Crippen LogP contribution in [0.5, 0.6) is 5.88 Å². The van der Waals surface area contributed by atoms with Crippen LogP contribution in [0.4, 0.5) is 0 Å². The van der Waals surface area contributed by atoms with Crippen molar-refractivity contribution in [3.63, 3.8) is 0 Å². The third kappa shape index (κ3) is 4.16. The van der Waals surface area contributed by atoms with Gasteiger partial charge in [0.2, 0.25) is 0 Å². The Morgan fingerprint density at radius 3 is 2.50 bits per heavy atom. The lowest BCUT2D eigenvalue weighted by atomic mass is 10.2. The third-order valence-corrected chi connectivity index (χ3v) is 8.63. The topological polar surface area (TPSA) is 53.4 Å². The molecule has 0 spiro atoms. The number of nitrogens with zero attached hydrogens (tertiary/aromatic N) is 2. The van der Waals surface area contributed by atoms with Crippen molar-refractivity contribution in [2.24, 2.45) is 0 Å². The highest BCUT2D eigenvalue weighted by Crippen LogP contribution is 2.36. The van der Waals surface area contributed by atoms with E-state index in [0.29, 0.717) is 17.8 Å². The lowest BCUT2D eigenvalue weighted by Gasteiger charge is -2.36. The Labute approximate surface area is 129 Å². The summed E-state index contributed by atoms with van der Waals surface area (Å²) in [6.07, 6.45) is 1.65. The fraction of sp³-hybridized carbons (Fsp3) is 0.692. The van der Waals surface area contributed by atoms with E-state index in [0.717, 1.165) is 0 Å². The fourth-order valence-electron chi connectivity index (χ4n) is 1.40. The summed E-state index contributed by atoms with van der Waals surface area (Å²) in [6, 6.07) is 0. The van der Waals surface area contributed by atoms with Gasteiger partial charge in [-0.3, -0.25) is 4.79 Å². The summed E-state index contributed by atoms with van der Waals surface area (Å²) < 4.78 is 13.2. The van der Waals surface area contributed by atoms with E-state index in [1.165, 1.54) is 7.11 Å². The van der Waals surface area contributed by atoms with Crippen molar-refractivity contribution in [3.8, 4) is 5.88 Å². The van der Waals surface area contributed by atoms with Crippen LogP contribution in [0.1, 0.15) is 20.8 Å². The monoisotopic (exact) mass is 362 g/mol. The van der Waals surface area contributed by atoms with E-state index in [-0.39, 0.29) is 16.5 Å². The van der Waals surface area contributed by atoms with E-state index in [1.807, 2.05) is 0 Å². The average molecular weight is 363 g/mol. The lowest BCUT2D eigenvalue weighted by molar-refractivity contribution is 0.268. The first-order valence-electron chi connectivity index (χ1n) is 6.53. The van der Waals surface area contributed by atoms with Gasteiger partial charge in [0.15, 0.2) is 8.32 Å². The van der Waals surface area contributed by atoms with Crippen molar-refractivity contribution in [3.05, 3.63) is 21.2 Å². The summed E-state index contributed by atoms with van der Waals surface area (Å²) in [4.78, 5) is 16.0. The molecule has 0 fully saturated rings. The summed E-state index contributed by atoms with van der Waals surface area (Å²) in [5, 5.41) is 0.161. The molecule has 0 saturated heterocycles. The molecule has 1 heterocycles. The molecule has 0 amide bonds. The molecule has 5 nitrogen and oxygen atoms in total. The van der Waals surface area contributed by atoms with Gasteiger partial charge >= 0.3 is 5.56 Å². The van der Waals surface area contributed by atoms with E-state index in [9.17, 15) is 4.79 Å². The Morgan fingerprint density at radius 1 is 1.40 bits per heavy atom. The zero-order valence-corrected chi connectivity index (χ0v) is 15.6. The molecule has 0 bridgehead atoms. The van der Waals surface area contributed by atoms with E-state index >= 15 is 0 Å². The van der Waals surface area contributed by atoms with Crippen molar-refractivity contribution in [1.29, 1.82) is 0 Å². The van der Waals surface area contributed by atoms with Crippen LogP contribution in [0, 0.1) is 0 Å². The fourth-order valence-corrected chi connectivity index (χ4v) is 2.84. The molecule has 0 N–H and O–H groups in total. The van der Waals surface area contributed by atoms with Gasteiger partial charge in [-0.15, -0.1) is 0 Å². The molecule has 1 rings (SSSR count). The summed E-state index contributed by atoms with van der Waals surface area (Å²) in [5.74, 6) is 0.0895. The number of rotatable bonds is 5. The Balaban J connectivity index is 2.77. The highest BCUT2D eigenvalue weighted by Gasteiger charge is 2.36. The first-order valence-corrected chi connectivity index (χ1v) is 10.2. The second-order valence-corrected chi connectivity index (χ2v) is 11.8. The van der Waals surface area contributed by atoms with Gasteiger partial charge in [-0.2, -0.15) is 4.98 Å². The third-order valence-electron chi connectivity index (χ3n) is 3.71. The van der Waals surface area contributed by atoms with Crippen molar-refractivity contribution in [1.82, 2.24) is 9.55 Å². The standard InChI is InChI=1S/C13H23BrN2O3Si/c1-13(2,3)20(5,6)19-8-7-16-9-10(14)15-11(18-4)12(16)17/h9H,7-8H2,1-6H3. The number of halogens is 1. The zero-order chi connectivity index (χ0) is 15.6. The molecule has 0 aliphatic heterocycles. The second kappa shape index (κ2) is 6.40. The van der Waals surface area contributed by atoms with Crippen LogP contribution in [0.25, 0.3) is 0 Å². The summed E-state index contributed by atoms with van der Waals surface area (Å²) >= 11 is 3.27. The van der Waals surface area contributed by atoms with Crippen LogP contribution in [0.15, 0.2) is 15.6 Å². The minimum atomic E-state index is -1.79. The van der Waals surface area contributed by atoms with Crippen LogP contribution >= 0.6 is 15.9 Å². The summed E-state index contributed by atoms with van der Waals surface area (Å²) in [7, 11) is -0.348. The largest absolute Gasteiger partial charge is 0.477 e. The molecule has 0 radical (unpaired) electrons. The molecule has 114 valence electrons. The van der Waals surface area contributed by atoms with Gasteiger partial charge in [-0.05, 0) is 34.1 Å². The predicted molar refractivity (Wildman–Crippen MR) is 85.9 cm³/mol. The number of hydrogen-bond donors (Lipinski definition) is 0. The normalized spacial score (nSPS) is 12.6. The van der Waals surface area contributed by atoms with Gasteiger partial charge in [-0.25, -0.2) is 0 Å². The Morgan fingerprint density at radius 2 is 2.00 bits per heavy atom. The highest BCUT2D eigenvalue weighted by molar-refractivity contribution is 9.10. The van der Waals surface area contributed by atoms with Gasteiger partial charge in [-0.1, -0.05) is 20.8 Å². The average Bonchev–Trinajstić information content (AvgIpc) is 2.31. The van der Waals surface area contributed by atoms with Crippen LogP contribution in [0.3, 0.4) is 0 Å². The minimum Gasteiger partial charge on any atom is -0.477 e. The van der Waals surface area contributed by atoms with Crippen LogP contribution in [-0.4, -0.2) is 31.6 Å². The van der Waals surface area contributed by atoms with Crippen molar-refractivity contribution >= 4 is 24.2 Å². The molecule has 0 saturated carbocycles. The van der Waals surface area contributed by atoms with Crippen molar-refractivity contribution in [2.75, 3.05) is 13.7 Å². The Kier molecular flexibility index (Phi) is 5.57. The van der Waals surface area contributed by atoms with Crippen LogP contribution < -0.4 is 10.3 Å². The van der Waals surface area contributed by atoms with Crippen LogP contribution in [-0.2, 0) is 11.0 Å². The van der Waals surface area contributed by atoms with E-state index in [2.05, 4.69) is 54.8 Å². The predicted octanol–water partition coefficient (Wildman–Crippen LogP) is 3.04. The van der Waals surface area contributed by atoms with Gasteiger partial charge < -0.3 is 13.7 Å².